The van der Waals surface area contributed by atoms with Gasteiger partial charge in [0, 0.05) is 66.8 Å². The summed E-state index contributed by atoms with van der Waals surface area (Å²) in [6, 6.07) is 94.3. The number of hydrogen-bond acceptors (Lipinski definition) is 8. The highest BCUT2D eigenvalue weighted by Crippen LogP contribution is 2.39. The van der Waals surface area contributed by atoms with E-state index in [9.17, 15) is 0 Å². The molecule has 16 aromatic rings. The highest BCUT2D eigenvalue weighted by Gasteiger charge is 2.21. The van der Waals surface area contributed by atoms with E-state index in [1.165, 1.54) is 89.0 Å². The van der Waals surface area contributed by atoms with Gasteiger partial charge in [-0.1, -0.05) is 265 Å². The fraction of sp³-hybridized carbons (Fsp3) is 0.154. The SMILES string of the molecule is Cc1ccc(-c2cc(-c3ccc(C)c(C)c3C)nc(-c3ccc(-c4ccc(-c5nc(-c6ccc(C)c(C)c6C)cc(-c6ccc(C)c(C)c6C)n5)cc4)cc3)n2)c(C)c1C.Cc1ccc(-c2cc(-c3ccc(C)cc3)nc(-c3ccc(-c4ccc(-c5nc(-c6ccc(C)cc6)cc(-c6ccc(C)cc6)n5)cc4)cc3)n2)cc1. The Morgan fingerprint density at radius 2 is 0.286 bits per heavy atom. The summed E-state index contributed by atoms with van der Waals surface area (Å²) in [5.74, 6) is 2.83. The van der Waals surface area contributed by atoms with Crippen LogP contribution in [0.1, 0.15) is 89.0 Å². The standard InChI is InChI=1S/C56H54N4.C48H38N4/c1-31-13-25-47(39(9)35(31)5)51-29-52(48-26-14-32(2)36(6)40(48)10)58-55(57-51)45-21-17-43(18-22-45)44-19-23-46(24-20-44)56-59-53(49-27-15-33(3)37(7)41(49)11)30-54(60-56)50-28-16-34(4)38(8)42(50)12;1-31-5-13-37(14-6-31)43-29-44(38-15-7-32(2)8-16-38)50-47(49-43)41-25-21-35(22-26-41)36-23-27-42(28-24-36)48-51-45(39-17-9-33(3)10-18-39)30-46(52-48)40-19-11-34(4)12-20-40/h13-30H,1-12H3;5-30H,1-4H3. The number of hydrogen-bond donors (Lipinski definition) is 0. The van der Waals surface area contributed by atoms with Gasteiger partial charge in [0.25, 0.3) is 0 Å². The first-order chi connectivity index (χ1) is 54.0. The van der Waals surface area contributed by atoms with Gasteiger partial charge >= 0.3 is 0 Å². The summed E-state index contributed by atoms with van der Waals surface area (Å²) < 4.78 is 0. The Morgan fingerprint density at radius 3 is 0.473 bits per heavy atom. The average molecular weight is 1450 g/mol. The quantitative estimate of drug-likeness (QED) is 0.106. The maximum absolute atomic E-state index is 5.21. The Labute approximate surface area is 660 Å². The van der Waals surface area contributed by atoms with E-state index < -0.39 is 0 Å². The molecule has 0 aliphatic rings. The monoisotopic (exact) mass is 1450 g/mol. The Morgan fingerprint density at radius 1 is 0.134 bits per heavy atom. The first-order valence-corrected chi connectivity index (χ1v) is 38.6. The largest absolute Gasteiger partial charge is 0.228 e. The molecule has 0 saturated heterocycles. The van der Waals surface area contributed by atoms with Crippen molar-refractivity contribution in [2.75, 3.05) is 0 Å². The van der Waals surface area contributed by atoms with Crippen molar-refractivity contribution in [1.82, 2.24) is 39.9 Å². The lowest BCUT2D eigenvalue weighted by Gasteiger charge is -2.16. The molecule has 0 aliphatic carbocycles. The fourth-order valence-electron chi connectivity index (χ4n) is 14.5. The van der Waals surface area contributed by atoms with Gasteiger partial charge in [0.1, 0.15) is 0 Å². The van der Waals surface area contributed by atoms with Crippen molar-refractivity contribution in [3.8, 4) is 158 Å². The number of aryl methyl sites for hydroxylation is 8. The van der Waals surface area contributed by atoms with Crippen LogP contribution in [0.25, 0.3) is 158 Å². The van der Waals surface area contributed by atoms with Crippen LogP contribution in [0.15, 0.2) is 267 Å². The summed E-state index contributed by atoms with van der Waals surface area (Å²) >= 11 is 0. The van der Waals surface area contributed by atoms with Crippen LogP contribution in [0.5, 0.6) is 0 Å². The first kappa shape index (κ1) is 74.4. The summed E-state index contributed by atoms with van der Waals surface area (Å²) in [5.41, 5.74) is 44.6. The van der Waals surface area contributed by atoms with Gasteiger partial charge in [-0.05, 0) is 224 Å². The molecule has 0 atom stereocenters. The van der Waals surface area contributed by atoms with Crippen molar-refractivity contribution >= 4 is 0 Å². The van der Waals surface area contributed by atoms with Gasteiger partial charge in [0.05, 0.1) is 45.6 Å². The maximum atomic E-state index is 5.21. The van der Waals surface area contributed by atoms with Gasteiger partial charge in [-0.15, -0.1) is 0 Å². The average Bonchev–Trinajstić information content (AvgIpc) is 0.791. The number of benzene rings is 12. The van der Waals surface area contributed by atoms with Crippen molar-refractivity contribution in [2.45, 2.75) is 111 Å². The molecular weight excluding hydrogens is 1360 g/mol. The molecule has 0 radical (unpaired) electrons. The number of rotatable bonds is 14. The molecule has 0 fully saturated rings. The van der Waals surface area contributed by atoms with Gasteiger partial charge in [0.15, 0.2) is 23.3 Å². The molecule has 0 spiro atoms. The van der Waals surface area contributed by atoms with Crippen molar-refractivity contribution in [3.63, 3.8) is 0 Å². The normalized spacial score (nSPS) is 11.2. The predicted molar refractivity (Wildman–Crippen MR) is 467 cm³/mol. The van der Waals surface area contributed by atoms with E-state index in [1.807, 2.05) is 0 Å². The van der Waals surface area contributed by atoms with E-state index in [-0.39, 0.29) is 0 Å². The van der Waals surface area contributed by atoms with E-state index in [4.69, 9.17) is 39.9 Å². The highest BCUT2D eigenvalue weighted by molar-refractivity contribution is 5.82. The van der Waals surface area contributed by atoms with Crippen molar-refractivity contribution < 1.29 is 0 Å². The Bertz CT molecular complexity index is 5550. The smallest absolute Gasteiger partial charge is 0.160 e. The molecule has 0 bridgehead atoms. The van der Waals surface area contributed by atoms with Crippen LogP contribution in [0.3, 0.4) is 0 Å². The Hall–Kier alpha value is -13.0. The van der Waals surface area contributed by atoms with E-state index in [1.54, 1.807) is 0 Å². The third-order valence-corrected chi connectivity index (χ3v) is 22.9. The first-order valence-electron chi connectivity index (χ1n) is 38.6. The molecule has 4 aromatic heterocycles. The molecule has 0 N–H and O–H groups in total. The molecule has 0 unspecified atom stereocenters. The second kappa shape index (κ2) is 31.5. The minimum Gasteiger partial charge on any atom is -0.228 e. The zero-order valence-electron chi connectivity index (χ0n) is 67.0. The van der Waals surface area contributed by atoms with Crippen LogP contribution in [0.2, 0.25) is 0 Å². The highest BCUT2D eigenvalue weighted by atomic mass is 14.9. The van der Waals surface area contributed by atoms with E-state index in [0.29, 0.717) is 23.3 Å². The molecule has 0 aliphatic heterocycles. The van der Waals surface area contributed by atoms with Crippen LogP contribution in [-0.4, -0.2) is 39.9 Å². The minimum atomic E-state index is 0.700. The van der Waals surface area contributed by atoms with Crippen LogP contribution in [0.4, 0.5) is 0 Å². The van der Waals surface area contributed by atoms with Crippen molar-refractivity contribution in [1.29, 1.82) is 0 Å². The zero-order chi connectivity index (χ0) is 78.2. The lowest BCUT2D eigenvalue weighted by molar-refractivity contribution is 1.16. The molecule has 8 heteroatoms. The Balaban J connectivity index is 0.000000179. The fourth-order valence-corrected chi connectivity index (χ4v) is 14.5. The summed E-state index contributed by atoms with van der Waals surface area (Å²) in [7, 11) is 0. The maximum Gasteiger partial charge on any atom is 0.160 e. The molecule has 0 amide bonds. The minimum absolute atomic E-state index is 0.700. The topological polar surface area (TPSA) is 103 Å². The van der Waals surface area contributed by atoms with Gasteiger partial charge in [-0.3, -0.25) is 0 Å². The van der Waals surface area contributed by atoms with Gasteiger partial charge in [-0.25, -0.2) is 39.9 Å². The van der Waals surface area contributed by atoms with Crippen molar-refractivity contribution in [2.24, 2.45) is 0 Å². The molecule has 112 heavy (non-hydrogen) atoms. The van der Waals surface area contributed by atoms with E-state index in [0.717, 1.165) is 135 Å². The van der Waals surface area contributed by atoms with Crippen LogP contribution in [0, 0.1) is 111 Å². The molecule has 16 rings (SSSR count). The second-order valence-corrected chi connectivity index (χ2v) is 30.3. The summed E-state index contributed by atoms with van der Waals surface area (Å²) in [6.07, 6.45) is 0. The van der Waals surface area contributed by atoms with Crippen LogP contribution >= 0.6 is 0 Å². The third kappa shape index (κ3) is 15.6. The van der Waals surface area contributed by atoms with E-state index in [2.05, 4.69) is 378 Å². The van der Waals surface area contributed by atoms with Gasteiger partial charge in [-0.2, -0.15) is 0 Å². The number of nitrogens with zero attached hydrogens (tertiary/aromatic N) is 8. The molecule has 4 heterocycles. The van der Waals surface area contributed by atoms with Crippen molar-refractivity contribution in [3.05, 3.63) is 356 Å². The molecule has 548 valence electrons. The lowest BCUT2D eigenvalue weighted by atomic mass is 9.94. The third-order valence-electron chi connectivity index (χ3n) is 22.9. The van der Waals surface area contributed by atoms with Gasteiger partial charge < -0.3 is 0 Å². The molecular formula is C104H92N8. The lowest BCUT2D eigenvalue weighted by Crippen LogP contribution is -2.00. The molecule has 8 nitrogen and oxygen atoms in total. The zero-order valence-corrected chi connectivity index (χ0v) is 67.0. The predicted octanol–water partition coefficient (Wildman–Crippen LogP) is 26.8. The Kier molecular flexibility index (Phi) is 20.9. The summed E-state index contributed by atoms with van der Waals surface area (Å²) in [6.45, 7) is 34.6. The molecule has 0 saturated carbocycles. The summed E-state index contributed by atoms with van der Waals surface area (Å²) in [4.78, 5) is 41.0. The van der Waals surface area contributed by atoms with Crippen LogP contribution < -0.4 is 0 Å². The summed E-state index contributed by atoms with van der Waals surface area (Å²) in [5, 5.41) is 0. The second-order valence-electron chi connectivity index (χ2n) is 30.3. The van der Waals surface area contributed by atoms with Gasteiger partial charge in [0.2, 0.25) is 0 Å². The van der Waals surface area contributed by atoms with E-state index >= 15 is 0 Å². The van der Waals surface area contributed by atoms with Crippen LogP contribution in [-0.2, 0) is 0 Å². The number of aromatic nitrogens is 8. The molecule has 12 aromatic carbocycles.